The van der Waals surface area contributed by atoms with E-state index in [4.69, 9.17) is 0 Å². The van der Waals surface area contributed by atoms with Crippen molar-refractivity contribution in [1.82, 2.24) is 9.88 Å². The Labute approximate surface area is 151 Å². The van der Waals surface area contributed by atoms with Crippen LogP contribution in [0.4, 0.5) is 0 Å². The number of carbonyl (C=O) groups excluding carboxylic acids is 1. The fourth-order valence-electron chi connectivity index (χ4n) is 4.78. The lowest BCUT2D eigenvalue weighted by atomic mass is 9.96. The Bertz CT molecular complexity index is 911. The van der Waals surface area contributed by atoms with Crippen LogP contribution >= 0.6 is 11.3 Å². The highest BCUT2D eigenvalue weighted by Gasteiger charge is 2.41. The highest BCUT2D eigenvalue weighted by Crippen LogP contribution is 2.46. The highest BCUT2D eigenvalue weighted by atomic mass is 32.1. The Kier molecular flexibility index (Phi) is 3.75. The lowest BCUT2D eigenvalue weighted by Gasteiger charge is -2.35. The predicted octanol–water partition coefficient (Wildman–Crippen LogP) is 4.95. The molecule has 0 aliphatic carbocycles. The average Bonchev–Trinajstić information content (AvgIpc) is 3.33. The Balaban J connectivity index is 1.33. The van der Waals surface area contributed by atoms with Crippen LogP contribution in [0.5, 0.6) is 0 Å². The molecule has 2 aliphatic rings. The van der Waals surface area contributed by atoms with E-state index in [2.05, 4.69) is 34.1 Å². The summed E-state index contributed by atoms with van der Waals surface area (Å²) in [5, 5.41) is 3.37. The first kappa shape index (κ1) is 15.4. The van der Waals surface area contributed by atoms with Gasteiger partial charge in [-0.1, -0.05) is 24.3 Å². The lowest BCUT2D eigenvalue weighted by molar-refractivity contribution is 0.0970. The van der Waals surface area contributed by atoms with Gasteiger partial charge in [-0.05, 0) is 48.9 Å². The lowest BCUT2D eigenvalue weighted by Crippen LogP contribution is -2.38. The molecule has 4 heteroatoms. The van der Waals surface area contributed by atoms with Crippen molar-refractivity contribution in [3.63, 3.8) is 0 Å². The maximum absolute atomic E-state index is 12.2. The van der Waals surface area contributed by atoms with E-state index in [0.29, 0.717) is 24.3 Å². The van der Waals surface area contributed by atoms with E-state index in [0.717, 1.165) is 24.3 Å². The number of nitrogens with zero attached hydrogens (tertiary/aromatic N) is 1. The Morgan fingerprint density at radius 3 is 3.00 bits per heavy atom. The number of fused-ring (bicyclic) bond motifs is 6. The summed E-state index contributed by atoms with van der Waals surface area (Å²) in [6.07, 6.45) is 5.27. The highest BCUT2D eigenvalue weighted by molar-refractivity contribution is 7.12. The van der Waals surface area contributed by atoms with Crippen LogP contribution in [-0.2, 0) is 6.42 Å². The molecule has 128 valence electrons. The van der Waals surface area contributed by atoms with Gasteiger partial charge in [-0.2, -0.15) is 0 Å². The van der Waals surface area contributed by atoms with E-state index in [9.17, 15) is 4.79 Å². The zero-order valence-electron chi connectivity index (χ0n) is 14.2. The zero-order chi connectivity index (χ0) is 16.8. The first-order chi connectivity index (χ1) is 12.3. The number of hydrogen-bond donors (Lipinski definition) is 1. The van der Waals surface area contributed by atoms with Crippen molar-refractivity contribution in [3.05, 3.63) is 57.9 Å². The van der Waals surface area contributed by atoms with Crippen LogP contribution < -0.4 is 0 Å². The fraction of sp³-hybridized carbons (Fsp3) is 0.381. The number of carbonyl (C=O) groups is 1. The van der Waals surface area contributed by atoms with Gasteiger partial charge in [-0.3, -0.25) is 9.69 Å². The second kappa shape index (κ2) is 6.11. The molecule has 2 atom stereocenters. The van der Waals surface area contributed by atoms with Crippen LogP contribution in [0.1, 0.15) is 52.7 Å². The van der Waals surface area contributed by atoms with Crippen molar-refractivity contribution < 1.29 is 4.79 Å². The number of hydrogen-bond acceptors (Lipinski definition) is 3. The second-order valence-electron chi connectivity index (χ2n) is 7.26. The van der Waals surface area contributed by atoms with Gasteiger partial charge in [0.2, 0.25) is 0 Å². The minimum Gasteiger partial charge on any atom is -0.358 e. The van der Waals surface area contributed by atoms with Crippen LogP contribution in [0.25, 0.3) is 10.9 Å². The summed E-state index contributed by atoms with van der Waals surface area (Å²) < 4.78 is 0. The number of benzene rings is 1. The summed E-state index contributed by atoms with van der Waals surface area (Å²) in [6.45, 7) is 1.03. The average molecular weight is 350 g/mol. The van der Waals surface area contributed by atoms with Gasteiger partial charge in [0.1, 0.15) is 0 Å². The van der Waals surface area contributed by atoms with Gasteiger partial charge < -0.3 is 4.98 Å². The van der Waals surface area contributed by atoms with Crippen LogP contribution in [0.15, 0.2) is 41.8 Å². The number of ketones is 1. The van der Waals surface area contributed by atoms with Gasteiger partial charge in [0.15, 0.2) is 5.78 Å². The number of nitrogens with one attached hydrogen (secondary N) is 1. The first-order valence-electron chi connectivity index (χ1n) is 9.23. The maximum Gasteiger partial charge on any atom is 0.172 e. The Morgan fingerprint density at radius 2 is 2.12 bits per heavy atom. The minimum atomic E-state index is 0.298. The molecule has 0 unspecified atom stereocenters. The SMILES string of the molecule is O=C(CCCN1[C@H]2CC[C@@H]1c1c([nH]c3ccccc13)C2)c1cccs1. The number of para-hydroxylation sites is 1. The predicted molar refractivity (Wildman–Crippen MR) is 102 cm³/mol. The van der Waals surface area contributed by atoms with Gasteiger partial charge in [-0.15, -0.1) is 11.3 Å². The van der Waals surface area contributed by atoms with Crippen molar-refractivity contribution in [1.29, 1.82) is 0 Å². The number of rotatable bonds is 5. The monoisotopic (exact) mass is 350 g/mol. The zero-order valence-corrected chi connectivity index (χ0v) is 15.0. The van der Waals surface area contributed by atoms with E-state index >= 15 is 0 Å². The molecule has 2 bridgehead atoms. The van der Waals surface area contributed by atoms with E-state index in [1.165, 1.54) is 35.0 Å². The van der Waals surface area contributed by atoms with Crippen molar-refractivity contribution in [3.8, 4) is 0 Å². The largest absolute Gasteiger partial charge is 0.358 e. The molecule has 0 spiro atoms. The number of H-pyrrole nitrogens is 1. The molecule has 0 radical (unpaired) electrons. The van der Waals surface area contributed by atoms with Gasteiger partial charge in [0, 0.05) is 41.5 Å². The third-order valence-corrected chi connectivity index (χ3v) is 6.77. The third-order valence-electron chi connectivity index (χ3n) is 5.86. The van der Waals surface area contributed by atoms with Crippen molar-refractivity contribution in [2.24, 2.45) is 0 Å². The normalized spacial score (nSPS) is 22.4. The van der Waals surface area contributed by atoms with Crippen molar-refractivity contribution in [2.45, 2.75) is 44.2 Å². The van der Waals surface area contributed by atoms with Crippen LogP contribution in [-0.4, -0.2) is 28.3 Å². The van der Waals surface area contributed by atoms with Gasteiger partial charge in [0.25, 0.3) is 0 Å². The molecule has 4 heterocycles. The molecule has 2 aliphatic heterocycles. The summed E-state index contributed by atoms with van der Waals surface area (Å²) in [5.74, 6) is 0.298. The third kappa shape index (κ3) is 2.55. The number of aromatic amines is 1. The summed E-state index contributed by atoms with van der Waals surface area (Å²) in [7, 11) is 0. The second-order valence-corrected chi connectivity index (χ2v) is 8.20. The minimum absolute atomic E-state index is 0.298. The molecule has 25 heavy (non-hydrogen) atoms. The van der Waals surface area contributed by atoms with Crippen molar-refractivity contribution >= 4 is 28.0 Å². The molecule has 0 saturated carbocycles. The van der Waals surface area contributed by atoms with E-state index in [-0.39, 0.29) is 0 Å². The van der Waals surface area contributed by atoms with Crippen molar-refractivity contribution in [2.75, 3.05) is 6.54 Å². The van der Waals surface area contributed by atoms with Crippen LogP contribution in [0.3, 0.4) is 0 Å². The number of Topliss-reactive ketones (excluding diaryl/α,β-unsaturated/α-hetero) is 1. The van der Waals surface area contributed by atoms with E-state index < -0.39 is 0 Å². The molecule has 1 saturated heterocycles. The smallest absolute Gasteiger partial charge is 0.172 e. The summed E-state index contributed by atoms with van der Waals surface area (Å²) in [5.41, 5.74) is 4.24. The molecule has 1 fully saturated rings. The summed E-state index contributed by atoms with van der Waals surface area (Å²) in [6, 6.07) is 13.8. The Morgan fingerprint density at radius 1 is 1.20 bits per heavy atom. The molecule has 3 nitrogen and oxygen atoms in total. The number of thiophene rings is 1. The molecule has 1 N–H and O–H groups in total. The topological polar surface area (TPSA) is 36.1 Å². The molecular formula is C21H22N2OS. The maximum atomic E-state index is 12.2. The first-order valence-corrected chi connectivity index (χ1v) is 10.1. The van der Waals surface area contributed by atoms with E-state index in [1.54, 1.807) is 11.3 Å². The van der Waals surface area contributed by atoms with Gasteiger partial charge >= 0.3 is 0 Å². The molecule has 5 rings (SSSR count). The summed E-state index contributed by atoms with van der Waals surface area (Å²) in [4.78, 5) is 19.5. The van der Waals surface area contributed by atoms with Crippen LogP contribution in [0, 0.1) is 0 Å². The van der Waals surface area contributed by atoms with Gasteiger partial charge in [-0.25, -0.2) is 0 Å². The quantitative estimate of drug-likeness (QED) is 0.661. The van der Waals surface area contributed by atoms with Gasteiger partial charge in [0.05, 0.1) is 4.88 Å². The molecule has 2 aromatic heterocycles. The molecule has 0 amide bonds. The Hall–Kier alpha value is -1.91. The molecular weight excluding hydrogens is 328 g/mol. The van der Waals surface area contributed by atoms with E-state index in [1.807, 2.05) is 17.5 Å². The molecule has 1 aromatic carbocycles. The molecule has 3 aromatic rings. The van der Waals surface area contributed by atoms with Crippen LogP contribution in [0.2, 0.25) is 0 Å². The standard InChI is InChI=1S/C21H22N2OS/c24-19(20-8-4-12-25-20)7-3-11-23-14-9-10-18(23)21-15-5-1-2-6-16(15)22-17(21)13-14/h1-2,4-6,8,12,14,18,22H,3,7,9-11,13H2/t14-,18+/m0/s1. The fourth-order valence-corrected chi connectivity index (χ4v) is 5.48. The number of aromatic nitrogens is 1. The summed E-state index contributed by atoms with van der Waals surface area (Å²) >= 11 is 1.56.